The average molecular weight is 492 g/mol. The normalized spacial score (nSPS) is 14.8. The number of hydrogen-bond donors (Lipinski definition) is 1. The Bertz CT molecular complexity index is 1390. The highest BCUT2D eigenvalue weighted by Crippen LogP contribution is 2.51. The van der Waals surface area contributed by atoms with E-state index in [1.165, 1.54) is 27.8 Å². The maximum Gasteiger partial charge on any atom is 0.163 e. The van der Waals surface area contributed by atoms with Gasteiger partial charge in [-0.25, -0.2) is 0 Å². The number of ketones is 1. The molecule has 0 fully saturated rings. The third-order valence-corrected chi connectivity index (χ3v) is 7.84. The molecule has 2 atom stereocenters. The van der Waals surface area contributed by atoms with Gasteiger partial charge in [0.15, 0.2) is 5.78 Å². The smallest absolute Gasteiger partial charge is 0.163 e. The zero-order valence-corrected chi connectivity index (χ0v) is 22.2. The quantitative estimate of drug-likeness (QED) is 0.190. The second kappa shape index (κ2) is 11.3. The Hall–Kier alpha value is -3.43. The van der Waals surface area contributed by atoms with E-state index in [0.717, 1.165) is 47.8 Å². The van der Waals surface area contributed by atoms with Crippen molar-refractivity contribution < 1.29 is 9.53 Å². The van der Waals surface area contributed by atoms with Crippen LogP contribution in [0.5, 0.6) is 5.75 Å². The number of hydrogen-bond acceptors (Lipinski definition) is 3. The van der Waals surface area contributed by atoms with E-state index in [-0.39, 0.29) is 11.7 Å². The molecule has 37 heavy (non-hydrogen) atoms. The molecular formula is C34H37NO2. The van der Waals surface area contributed by atoms with E-state index in [9.17, 15) is 4.79 Å². The molecule has 0 saturated heterocycles. The summed E-state index contributed by atoms with van der Waals surface area (Å²) in [5, 5.41) is 5.58. The molecule has 1 N–H and O–H groups in total. The zero-order chi connectivity index (χ0) is 25.8. The number of carbonyl (C=O) groups excluding carboxylic acids is 1. The van der Waals surface area contributed by atoms with Gasteiger partial charge in [-0.15, -0.1) is 0 Å². The van der Waals surface area contributed by atoms with Crippen LogP contribution in [0.3, 0.4) is 0 Å². The molecule has 0 saturated carbocycles. The van der Waals surface area contributed by atoms with Crippen molar-refractivity contribution >= 4 is 16.6 Å². The SMILES string of the molecule is CCCCC(=O)c1cccc2ccc3c(c12)C(c1ccc(OCCC(CC)NC)cc1)c1ccccc1-3. The topological polar surface area (TPSA) is 38.3 Å². The monoisotopic (exact) mass is 491 g/mol. The highest BCUT2D eigenvalue weighted by molar-refractivity contribution is 6.12. The minimum absolute atomic E-state index is 0.0813. The molecule has 0 heterocycles. The second-order valence-corrected chi connectivity index (χ2v) is 10.1. The van der Waals surface area contributed by atoms with E-state index < -0.39 is 0 Å². The second-order valence-electron chi connectivity index (χ2n) is 10.1. The lowest BCUT2D eigenvalue weighted by Crippen LogP contribution is -2.26. The first-order valence-electron chi connectivity index (χ1n) is 13.7. The summed E-state index contributed by atoms with van der Waals surface area (Å²) >= 11 is 0. The van der Waals surface area contributed by atoms with Crippen molar-refractivity contribution in [3.8, 4) is 16.9 Å². The molecular weight excluding hydrogens is 454 g/mol. The fourth-order valence-electron chi connectivity index (χ4n) is 5.77. The van der Waals surface area contributed by atoms with Crippen LogP contribution in [-0.2, 0) is 0 Å². The Morgan fingerprint density at radius 1 is 0.919 bits per heavy atom. The van der Waals surface area contributed by atoms with Gasteiger partial charge in [0.2, 0.25) is 0 Å². The van der Waals surface area contributed by atoms with Crippen molar-refractivity contribution in [2.75, 3.05) is 13.7 Å². The molecule has 2 unspecified atom stereocenters. The summed E-state index contributed by atoms with van der Waals surface area (Å²) < 4.78 is 6.07. The fourth-order valence-corrected chi connectivity index (χ4v) is 5.77. The predicted molar refractivity (Wildman–Crippen MR) is 154 cm³/mol. The largest absolute Gasteiger partial charge is 0.494 e. The van der Waals surface area contributed by atoms with Gasteiger partial charge in [-0.3, -0.25) is 4.79 Å². The predicted octanol–water partition coefficient (Wildman–Crippen LogP) is 8.14. The lowest BCUT2D eigenvalue weighted by molar-refractivity contribution is 0.0981. The fraction of sp³-hybridized carbons (Fsp3) is 0.324. The summed E-state index contributed by atoms with van der Waals surface area (Å²) in [7, 11) is 2.01. The molecule has 0 aromatic heterocycles. The summed E-state index contributed by atoms with van der Waals surface area (Å²) in [5.74, 6) is 1.22. The third-order valence-electron chi connectivity index (χ3n) is 7.84. The molecule has 3 heteroatoms. The maximum absolute atomic E-state index is 13.3. The van der Waals surface area contributed by atoms with Crippen molar-refractivity contribution in [3.63, 3.8) is 0 Å². The van der Waals surface area contributed by atoms with E-state index in [1.807, 2.05) is 19.2 Å². The van der Waals surface area contributed by atoms with Gasteiger partial charge >= 0.3 is 0 Å². The van der Waals surface area contributed by atoms with Gasteiger partial charge in [0.1, 0.15) is 5.75 Å². The van der Waals surface area contributed by atoms with E-state index in [2.05, 4.69) is 85.9 Å². The number of carbonyl (C=O) groups is 1. The molecule has 0 amide bonds. The Morgan fingerprint density at radius 3 is 2.49 bits per heavy atom. The van der Waals surface area contributed by atoms with E-state index in [0.29, 0.717) is 19.1 Å². The molecule has 0 spiro atoms. The number of unbranched alkanes of at least 4 members (excludes halogenated alkanes) is 1. The molecule has 4 aromatic rings. The maximum atomic E-state index is 13.3. The van der Waals surface area contributed by atoms with Crippen LogP contribution in [0.15, 0.2) is 78.9 Å². The third kappa shape index (κ3) is 4.93. The number of ether oxygens (including phenoxy) is 1. The first-order chi connectivity index (χ1) is 18.2. The molecule has 0 aliphatic heterocycles. The van der Waals surface area contributed by atoms with Crippen molar-refractivity contribution in [1.82, 2.24) is 5.32 Å². The van der Waals surface area contributed by atoms with Gasteiger partial charge in [0.05, 0.1) is 6.61 Å². The van der Waals surface area contributed by atoms with E-state index in [4.69, 9.17) is 4.74 Å². The van der Waals surface area contributed by atoms with Crippen molar-refractivity contribution in [2.45, 2.75) is 57.9 Å². The molecule has 1 aliphatic carbocycles. The Balaban J connectivity index is 1.55. The van der Waals surface area contributed by atoms with Crippen LogP contribution < -0.4 is 10.1 Å². The van der Waals surface area contributed by atoms with Crippen molar-refractivity contribution in [1.29, 1.82) is 0 Å². The molecule has 190 valence electrons. The average Bonchev–Trinajstić information content (AvgIpc) is 3.29. The van der Waals surface area contributed by atoms with E-state index >= 15 is 0 Å². The summed E-state index contributed by atoms with van der Waals surface area (Å²) in [6.45, 7) is 5.03. The van der Waals surface area contributed by atoms with Gasteiger partial charge in [-0.2, -0.15) is 0 Å². The summed E-state index contributed by atoms with van der Waals surface area (Å²) in [6, 6.07) is 28.3. The number of Topliss-reactive ketones (excluding diaryl/α,β-unsaturated/α-hetero) is 1. The summed E-state index contributed by atoms with van der Waals surface area (Å²) in [4.78, 5) is 13.3. The van der Waals surface area contributed by atoms with Crippen molar-refractivity contribution in [2.24, 2.45) is 0 Å². The van der Waals surface area contributed by atoms with Crippen LogP contribution in [0.25, 0.3) is 21.9 Å². The first kappa shape index (κ1) is 25.2. The highest BCUT2D eigenvalue weighted by Gasteiger charge is 2.32. The Labute approximate surface area is 220 Å². The molecule has 3 nitrogen and oxygen atoms in total. The molecule has 1 aliphatic rings. The molecule has 0 bridgehead atoms. The van der Waals surface area contributed by atoms with Crippen LogP contribution in [0.1, 0.15) is 78.9 Å². The summed E-state index contributed by atoms with van der Waals surface area (Å²) in [6.07, 6.45) is 4.61. The lowest BCUT2D eigenvalue weighted by Gasteiger charge is -2.19. The number of rotatable bonds is 11. The minimum atomic E-state index is 0.0813. The van der Waals surface area contributed by atoms with Gasteiger partial charge in [-0.05, 0) is 77.0 Å². The van der Waals surface area contributed by atoms with Crippen LogP contribution in [0.4, 0.5) is 0 Å². The van der Waals surface area contributed by atoms with Crippen LogP contribution in [0.2, 0.25) is 0 Å². The Kier molecular flexibility index (Phi) is 7.71. The highest BCUT2D eigenvalue weighted by atomic mass is 16.5. The first-order valence-corrected chi connectivity index (χ1v) is 13.7. The van der Waals surface area contributed by atoms with Crippen LogP contribution in [0, 0.1) is 0 Å². The Morgan fingerprint density at radius 2 is 1.73 bits per heavy atom. The van der Waals surface area contributed by atoms with Crippen molar-refractivity contribution in [3.05, 3.63) is 101 Å². The van der Waals surface area contributed by atoms with Crippen LogP contribution >= 0.6 is 0 Å². The number of benzene rings is 4. The van der Waals surface area contributed by atoms with Gasteiger partial charge in [-0.1, -0.05) is 87.0 Å². The minimum Gasteiger partial charge on any atom is -0.494 e. The molecule has 4 aromatic carbocycles. The molecule has 0 radical (unpaired) electrons. The number of nitrogens with one attached hydrogen (secondary N) is 1. The van der Waals surface area contributed by atoms with Crippen LogP contribution in [-0.4, -0.2) is 25.5 Å². The standard InChI is InChI=1S/C34H37NO2/c1-4-6-14-31(36)30-13-9-10-23-17-20-29-27-11-7-8-12-28(27)32(34(29)33(23)30)24-15-18-26(19-16-24)37-22-21-25(5-2)35-3/h7-13,15-20,25,32,35H,4-6,14,21-22H2,1-3H3. The molecule has 5 rings (SSSR count). The zero-order valence-electron chi connectivity index (χ0n) is 22.2. The van der Waals surface area contributed by atoms with Gasteiger partial charge < -0.3 is 10.1 Å². The summed E-state index contributed by atoms with van der Waals surface area (Å²) in [5.41, 5.74) is 7.14. The lowest BCUT2D eigenvalue weighted by atomic mass is 9.84. The van der Waals surface area contributed by atoms with Gasteiger partial charge in [0.25, 0.3) is 0 Å². The number of fused-ring (bicyclic) bond motifs is 5. The van der Waals surface area contributed by atoms with E-state index in [1.54, 1.807) is 0 Å². The van der Waals surface area contributed by atoms with Gasteiger partial charge in [0, 0.05) is 23.9 Å².